The van der Waals surface area contributed by atoms with Gasteiger partial charge in [-0.15, -0.1) is 0 Å². The van der Waals surface area contributed by atoms with Crippen LogP contribution in [0.5, 0.6) is 11.5 Å². The third kappa shape index (κ3) is 3.22. The zero-order chi connectivity index (χ0) is 18.8. The number of rotatable bonds is 5. The molecular weight excluding hydrogens is 346 g/mol. The molecule has 136 valence electrons. The van der Waals surface area contributed by atoms with Gasteiger partial charge in [-0.25, -0.2) is 4.98 Å². The van der Waals surface area contributed by atoms with Crippen molar-refractivity contribution in [3.8, 4) is 11.5 Å². The second kappa shape index (κ2) is 6.87. The van der Waals surface area contributed by atoms with Crippen molar-refractivity contribution in [1.82, 2.24) is 9.97 Å². The lowest BCUT2D eigenvalue weighted by molar-refractivity contribution is -0.112. The summed E-state index contributed by atoms with van der Waals surface area (Å²) in [7, 11) is 3.14. The standard InChI is InChI=1S/C20H17N3O4/c1-25-16-6-5-13(9-18(16)26-2)23-19-10-15(24)17(27-19)8-12-11-22-20-14(12)4-3-7-21-20/h3-11,23H,1-2H3,(H,21,22). The van der Waals surface area contributed by atoms with Gasteiger partial charge in [0.2, 0.25) is 11.7 Å². The largest absolute Gasteiger partial charge is 0.493 e. The van der Waals surface area contributed by atoms with E-state index < -0.39 is 0 Å². The Morgan fingerprint density at radius 1 is 1.19 bits per heavy atom. The molecule has 0 atom stereocenters. The summed E-state index contributed by atoms with van der Waals surface area (Å²) in [4.78, 5) is 19.6. The van der Waals surface area contributed by atoms with Crippen molar-refractivity contribution in [2.75, 3.05) is 19.5 Å². The first-order valence-corrected chi connectivity index (χ1v) is 8.24. The van der Waals surface area contributed by atoms with Crippen molar-refractivity contribution in [3.05, 3.63) is 66.0 Å². The molecule has 0 unspecified atom stereocenters. The number of ketones is 1. The molecule has 0 fully saturated rings. The molecule has 4 rings (SSSR count). The molecule has 0 aliphatic carbocycles. The fourth-order valence-corrected chi connectivity index (χ4v) is 2.84. The van der Waals surface area contributed by atoms with E-state index in [-0.39, 0.29) is 11.5 Å². The molecule has 2 N–H and O–H groups in total. The number of methoxy groups -OCH3 is 2. The zero-order valence-corrected chi connectivity index (χ0v) is 14.8. The number of carbonyl (C=O) groups excluding carboxylic acids is 1. The molecule has 1 aliphatic heterocycles. The molecule has 0 radical (unpaired) electrons. The Labute approximate surface area is 155 Å². The highest BCUT2D eigenvalue weighted by Crippen LogP contribution is 2.31. The van der Waals surface area contributed by atoms with Crippen molar-refractivity contribution in [2.45, 2.75) is 0 Å². The smallest absolute Gasteiger partial charge is 0.226 e. The maximum atomic E-state index is 12.3. The predicted molar refractivity (Wildman–Crippen MR) is 101 cm³/mol. The lowest BCUT2D eigenvalue weighted by Crippen LogP contribution is -2.00. The van der Waals surface area contributed by atoms with Crippen LogP contribution in [0, 0.1) is 0 Å². The van der Waals surface area contributed by atoms with Gasteiger partial charge in [0.05, 0.1) is 20.3 Å². The Kier molecular flexibility index (Phi) is 4.25. The minimum absolute atomic E-state index is 0.212. The van der Waals surface area contributed by atoms with E-state index in [0.29, 0.717) is 23.1 Å². The van der Waals surface area contributed by atoms with Crippen LogP contribution in [0.3, 0.4) is 0 Å². The number of H-pyrrole nitrogens is 1. The van der Waals surface area contributed by atoms with Gasteiger partial charge in [0.15, 0.2) is 17.3 Å². The Morgan fingerprint density at radius 3 is 2.85 bits per heavy atom. The Bertz CT molecular complexity index is 1080. The number of pyridine rings is 1. The summed E-state index contributed by atoms with van der Waals surface area (Å²) in [5.74, 6) is 1.57. The number of fused-ring (bicyclic) bond motifs is 1. The van der Waals surface area contributed by atoms with Crippen molar-refractivity contribution in [2.24, 2.45) is 0 Å². The van der Waals surface area contributed by atoms with E-state index in [9.17, 15) is 4.79 Å². The van der Waals surface area contributed by atoms with Crippen LogP contribution in [0.15, 0.2) is 60.4 Å². The minimum Gasteiger partial charge on any atom is -0.493 e. The number of hydrogen-bond donors (Lipinski definition) is 2. The minimum atomic E-state index is -0.212. The summed E-state index contributed by atoms with van der Waals surface area (Å²) in [5, 5.41) is 3.98. The van der Waals surface area contributed by atoms with Crippen LogP contribution in [0.1, 0.15) is 5.56 Å². The summed E-state index contributed by atoms with van der Waals surface area (Å²) in [6.45, 7) is 0. The summed E-state index contributed by atoms with van der Waals surface area (Å²) in [6.07, 6.45) is 6.61. The average molecular weight is 363 g/mol. The van der Waals surface area contributed by atoms with Crippen LogP contribution in [0.2, 0.25) is 0 Å². The number of nitrogens with zero attached hydrogens (tertiary/aromatic N) is 1. The van der Waals surface area contributed by atoms with Gasteiger partial charge in [-0.1, -0.05) is 0 Å². The molecule has 27 heavy (non-hydrogen) atoms. The SMILES string of the molecule is COc1ccc(NC2=CC(=O)C(=Cc3c[nH]c4ncccc34)O2)cc1OC. The Balaban J connectivity index is 1.54. The van der Waals surface area contributed by atoms with Crippen molar-refractivity contribution >= 4 is 28.6 Å². The van der Waals surface area contributed by atoms with Gasteiger partial charge in [-0.05, 0) is 30.3 Å². The van der Waals surface area contributed by atoms with Crippen LogP contribution in [0.4, 0.5) is 5.69 Å². The molecule has 0 amide bonds. The third-order valence-electron chi connectivity index (χ3n) is 4.15. The van der Waals surface area contributed by atoms with Crippen LogP contribution in [-0.4, -0.2) is 30.0 Å². The molecule has 7 nitrogen and oxygen atoms in total. The summed E-state index contributed by atoms with van der Waals surface area (Å²) in [6, 6.07) is 9.12. The number of aromatic amines is 1. The molecule has 0 spiro atoms. The van der Waals surface area contributed by atoms with Crippen molar-refractivity contribution in [3.63, 3.8) is 0 Å². The van der Waals surface area contributed by atoms with Crippen LogP contribution in [-0.2, 0) is 9.53 Å². The summed E-state index contributed by atoms with van der Waals surface area (Å²) >= 11 is 0. The lowest BCUT2D eigenvalue weighted by Gasteiger charge is -2.11. The van der Waals surface area contributed by atoms with E-state index in [1.54, 1.807) is 44.8 Å². The van der Waals surface area contributed by atoms with E-state index in [2.05, 4.69) is 15.3 Å². The third-order valence-corrected chi connectivity index (χ3v) is 4.15. The van der Waals surface area contributed by atoms with Gasteiger partial charge in [-0.3, -0.25) is 4.79 Å². The molecule has 0 saturated carbocycles. The number of aromatic nitrogens is 2. The number of hydrogen-bond acceptors (Lipinski definition) is 6. The topological polar surface area (TPSA) is 85.5 Å². The van der Waals surface area contributed by atoms with Gasteiger partial charge in [0.1, 0.15) is 5.65 Å². The fraction of sp³-hybridized carbons (Fsp3) is 0.100. The van der Waals surface area contributed by atoms with Crippen molar-refractivity contribution < 1.29 is 19.0 Å². The van der Waals surface area contributed by atoms with Gasteiger partial charge in [0.25, 0.3) is 0 Å². The molecule has 3 heterocycles. The maximum Gasteiger partial charge on any atom is 0.226 e. The quantitative estimate of drug-likeness (QED) is 0.675. The monoisotopic (exact) mass is 363 g/mol. The van der Waals surface area contributed by atoms with E-state index >= 15 is 0 Å². The Hall–Kier alpha value is -3.74. The number of nitrogens with one attached hydrogen (secondary N) is 2. The average Bonchev–Trinajstić information content (AvgIpc) is 3.25. The lowest BCUT2D eigenvalue weighted by atomic mass is 10.2. The molecule has 1 aromatic carbocycles. The highest BCUT2D eigenvalue weighted by atomic mass is 16.5. The maximum absolute atomic E-state index is 12.3. The van der Waals surface area contributed by atoms with Crippen LogP contribution in [0.25, 0.3) is 17.1 Å². The summed E-state index contributed by atoms with van der Waals surface area (Å²) < 4.78 is 16.2. The van der Waals surface area contributed by atoms with Gasteiger partial charge in [0, 0.05) is 35.1 Å². The second-order valence-corrected chi connectivity index (χ2v) is 5.82. The second-order valence-electron chi connectivity index (χ2n) is 5.82. The molecule has 0 saturated heterocycles. The molecule has 1 aliphatic rings. The van der Waals surface area contributed by atoms with Gasteiger partial charge in [-0.2, -0.15) is 0 Å². The number of allylic oxidation sites excluding steroid dienone is 1. The predicted octanol–water partition coefficient (Wildman–Crippen LogP) is 3.47. The first kappa shape index (κ1) is 16.7. The normalized spacial score (nSPS) is 15.0. The summed E-state index contributed by atoms with van der Waals surface area (Å²) in [5.41, 5.74) is 2.30. The molecular formula is C20H17N3O4. The van der Waals surface area contributed by atoms with E-state index in [4.69, 9.17) is 14.2 Å². The highest BCUT2D eigenvalue weighted by molar-refractivity contribution is 6.09. The first-order chi connectivity index (χ1) is 13.2. The molecule has 2 aromatic heterocycles. The first-order valence-electron chi connectivity index (χ1n) is 8.24. The van der Waals surface area contributed by atoms with Gasteiger partial charge < -0.3 is 24.5 Å². The molecule has 0 bridgehead atoms. The fourth-order valence-electron chi connectivity index (χ4n) is 2.84. The number of ether oxygens (including phenoxy) is 3. The van der Waals surface area contributed by atoms with Crippen molar-refractivity contribution in [1.29, 1.82) is 0 Å². The highest BCUT2D eigenvalue weighted by Gasteiger charge is 2.22. The van der Waals surface area contributed by atoms with E-state index in [1.807, 2.05) is 18.2 Å². The molecule has 3 aromatic rings. The number of carbonyl (C=O) groups is 1. The van der Waals surface area contributed by atoms with E-state index in [1.165, 1.54) is 6.08 Å². The van der Waals surface area contributed by atoms with Gasteiger partial charge >= 0.3 is 0 Å². The van der Waals surface area contributed by atoms with Crippen LogP contribution >= 0.6 is 0 Å². The number of anilines is 1. The van der Waals surface area contributed by atoms with E-state index in [0.717, 1.165) is 16.6 Å². The Morgan fingerprint density at radius 2 is 2.04 bits per heavy atom. The zero-order valence-electron chi connectivity index (χ0n) is 14.8. The number of benzene rings is 1. The van der Waals surface area contributed by atoms with Crippen LogP contribution < -0.4 is 14.8 Å². The molecule has 7 heteroatoms.